The fourth-order valence-electron chi connectivity index (χ4n) is 2.41. The first-order chi connectivity index (χ1) is 9.33. The van der Waals surface area contributed by atoms with E-state index in [1.54, 1.807) is 0 Å². The van der Waals surface area contributed by atoms with Crippen molar-refractivity contribution in [1.29, 1.82) is 0 Å². The van der Waals surface area contributed by atoms with Gasteiger partial charge in [-0.2, -0.15) is 0 Å². The number of rotatable bonds is 3. The van der Waals surface area contributed by atoms with Gasteiger partial charge in [-0.15, -0.1) is 11.3 Å². The van der Waals surface area contributed by atoms with E-state index < -0.39 is 0 Å². The van der Waals surface area contributed by atoms with Crippen LogP contribution in [0.15, 0.2) is 30.5 Å². The number of piperazine rings is 1. The van der Waals surface area contributed by atoms with E-state index in [4.69, 9.17) is 0 Å². The standard InChI is InChI=1S/C15H19N3S/c1-12-4-2-3-5-14(12)15-17-10-13(19-15)11-18-8-6-16-7-9-18/h2-5,10,16H,6-9,11H2,1H3. The Morgan fingerprint density at radius 3 is 2.84 bits per heavy atom. The predicted molar refractivity (Wildman–Crippen MR) is 80.4 cm³/mol. The topological polar surface area (TPSA) is 28.2 Å². The summed E-state index contributed by atoms with van der Waals surface area (Å²) in [5.41, 5.74) is 2.56. The molecule has 1 saturated heterocycles. The van der Waals surface area contributed by atoms with E-state index in [0.717, 1.165) is 37.7 Å². The summed E-state index contributed by atoms with van der Waals surface area (Å²) in [5.74, 6) is 0. The molecular formula is C15H19N3S. The van der Waals surface area contributed by atoms with E-state index >= 15 is 0 Å². The maximum absolute atomic E-state index is 4.59. The first-order valence-electron chi connectivity index (χ1n) is 6.77. The van der Waals surface area contributed by atoms with E-state index in [2.05, 4.69) is 46.4 Å². The number of nitrogens with zero attached hydrogens (tertiary/aromatic N) is 2. The summed E-state index contributed by atoms with van der Waals surface area (Å²) < 4.78 is 0. The molecule has 1 aliphatic rings. The molecule has 1 aromatic heterocycles. The van der Waals surface area contributed by atoms with Crippen molar-refractivity contribution in [1.82, 2.24) is 15.2 Å². The summed E-state index contributed by atoms with van der Waals surface area (Å²) in [4.78, 5) is 8.44. The van der Waals surface area contributed by atoms with E-state index in [0.29, 0.717) is 0 Å². The molecule has 1 N–H and O–H groups in total. The van der Waals surface area contributed by atoms with Gasteiger partial charge in [-0.05, 0) is 12.5 Å². The monoisotopic (exact) mass is 273 g/mol. The number of benzene rings is 1. The lowest BCUT2D eigenvalue weighted by molar-refractivity contribution is 0.235. The number of aryl methyl sites for hydroxylation is 1. The highest BCUT2D eigenvalue weighted by atomic mass is 32.1. The lowest BCUT2D eigenvalue weighted by Gasteiger charge is -2.26. The molecule has 0 spiro atoms. The van der Waals surface area contributed by atoms with Crippen molar-refractivity contribution in [2.45, 2.75) is 13.5 Å². The molecule has 0 amide bonds. The SMILES string of the molecule is Cc1ccccc1-c1ncc(CN2CCNCC2)s1. The van der Waals surface area contributed by atoms with Crippen LogP contribution in [0, 0.1) is 6.92 Å². The molecule has 0 saturated carbocycles. The van der Waals surface area contributed by atoms with Gasteiger partial charge < -0.3 is 5.32 Å². The molecule has 1 fully saturated rings. The third-order valence-corrected chi connectivity index (χ3v) is 4.53. The van der Waals surface area contributed by atoms with E-state index in [-0.39, 0.29) is 0 Å². The molecule has 2 aromatic rings. The highest BCUT2D eigenvalue weighted by molar-refractivity contribution is 7.15. The quantitative estimate of drug-likeness (QED) is 0.931. The maximum Gasteiger partial charge on any atom is 0.123 e. The van der Waals surface area contributed by atoms with Gasteiger partial charge in [0.1, 0.15) is 5.01 Å². The number of nitrogens with one attached hydrogen (secondary N) is 1. The predicted octanol–water partition coefficient (Wildman–Crippen LogP) is 2.52. The summed E-state index contributed by atoms with van der Waals surface area (Å²) in [6.45, 7) is 7.65. The fraction of sp³-hybridized carbons (Fsp3) is 0.400. The van der Waals surface area contributed by atoms with Crippen molar-refractivity contribution in [2.75, 3.05) is 26.2 Å². The van der Waals surface area contributed by atoms with Crippen LogP contribution in [0.2, 0.25) is 0 Å². The third-order valence-electron chi connectivity index (χ3n) is 3.52. The number of hydrogen-bond acceptors (Lipinski definition) is 4. The number of hydrogen-bond donors (Lipinski definition) is 1. The van der Waals surface area contributed by atoms with Gasteiger partial charge in [0.2, 0.25) is 0 Å². The molecule has 0 radical (unpaired) electrons. The zero-order chi connectivity index (χ0) is 13.1. The summed E-state index contributed by atoms with van der Waals surface area (Å²) >= 11 is 1.82. The van der Waals surface area contributed by atoms with Crippen LogP contribution in [-0.2, 0) is 6.54 Å². The van der Waals surface area contributed by atoms with E-state index in [1.807, 2.05) is 17.5 Å². The smallest absolute Gasteiger partial charge is 0.123 e. The molecular weight excluding hydrogens is 254 g/mol. The van der Waals surface area contributed by atoms with Gasteiger partial charge >= 0.3 is 0 Å². The minimum Gasteiger partial charge on any atom is -0.314 e. The minimum atomic E-state index is 1.03. The van der Waals surface area contributed by atoms with Crippen LogP contribution in [0.5, 0.6) is 0 Å². The molecule has 3 nitrogen and oxygen atoms in total. The Kier molecular flexibility index (Phi) is 3.92. The molecule has 3 rings (SSSR count). The van der Waals surface area contributed by atoms with Crippen LogP contribution in [0.4, 0.5) is 0 Å². The van der Waals surface area contributed by atoms with Gasteiger partial charge in [-0.25, -0.2) is 4.98 Å². The van der Waals surface area contributed by atoms with Gasteiger partial charge in [-0.3, -0.25) is 4.90 Å². The fourth-order valence-corrected chi connectivity index (χ4v) is 3.45. The van der Waals surface area contributed by atoms with Crippen LogP contribution >= 0.6 is 11.3 Å². The molecule has 19 heavy (non-hydrogen) atoms. The van der Waals surface area contributed by atoms with Gasteiger partial charge in [0, 0.05) is 49.4 Å². The Hall–Kier alpha value is -1.23. The average Bonchev–Trinajstić information content (AvgIpc) is 2.89. The highest BCUT2D eigenvalue weighted by Crippen LogP contribution is 2.28. The Bertz CT molecular complexity index is 544. The lowest BCUT2D eigenvalue weighted by atomic mass is 10.1. The van der Waals surface area contributed by atoms with Gasteiger partial charge in [0.15, 0.2) is 0 Å². The van der Waals surface area contributed by atoms with Crippen molar-refractivity contribution in [3.8, 4) is 10.6 Å². The second-order valence-electron chi connectivity index (χ2n) is 4.97. The Morgan fingerprint density at radius 1 is 1.26 bits per heavy atom. The lowest BCUT2D eigenvalue weighted by Crippen LogP contribution is -2.42. The Labute approximate surface area is 118 Å². The molecule has 1 aliphatic heterocycles. The molecule has 100 valence electrons. The first-order valence-corrected chi connectivity index (χ1v) is 7.58. The van der Waals surface area contributed by atoms with Crippen LogP contribution in [-0.4, -0.2) is 36.1 Å². The van der Waals surface area contributed by atoms with Crippen molar-refractivity contribution in [2.24, 2.45) is 0 Å². The number of thiazole rings is 1. The van der Waals surface area contributed by atoms with Gasteiger partial charge in [-0.1, -0.05) is 24.3 Å². The normalized spacial score (nSPS) is 16.7. The van der Waals surface area contributed by atoms with Crippen LogP contribution in [0.3, 0.4) is 0 Å². The molecule has 4 heteroatoms. The minimum absolute atomic E-state index is 1.03. The third kappa shape index (κ3) is 3.03. The van der Waals surface area contributed by atoms with Gasteiger partial charge in [0.25, 0.3) is 0 Å². The highest BCUT2D eigenvalue weighted by Gasteiger charge is 2.12. The molecule has 0 bridgehead atoms. The second kappa shape index (κ2) is 5.82. The largest absolute Gasteiger partial charge is 0.314 e. The number of aromatic nitrogens is 1. The van der Waals surface area contributed by atoms with Crippen LogP contribution < -0.4 is 5.32 Å². The van der Waals surface area contributed by atoms with E-state index in [9.17, 15) is 0 Å². The van der Waals surface area contributed by atoms with Crippen LogP contribution in [0.25, 0.3) is 10.6 Å². The Balaban J connectivity index is 1.74. The van der Waals surface area contributed by atoms with Gasteiger partial charge in [0.05, 0.1) is 0 Å². The maximum atomic E-state index is 4.59. The molecule has 2 heterocycles. The van der Waals surface area contributed by atoms with Crippen molar-refractivity contribution < 1.29 is 0 Å². The van der Waals surface area contributed by atoms with Crippen molar-refractivity contribution in [3.63, 3.8) is 0 Å². The van der Waals surface area contributed by atoms with Crippen molar-refractivity contribution in [3.05, 3.63) is 40.9 Å². The summed E-state index contributed by atoms with van der Waals surface area (Å²) in [6.07, 6.45) is 2.04. The second-order valence-corrected chi connectivity index (χ2v) is 6.09. The summed E-state index contributed by atoms with van der Waals surface area (Å²) in [6, 6.07) is 8.46. The first kappa shape index (κ1) is 12.8. The Morgan fingerprint density at radius 2 is 2.05 bits per heavy atom. The van der Waals surface area contributed by atoms with E-state index in [1.165, 1.54) is 16.0 Å². The zero-order valence-electron chi connectivity index (χ0n) is 11.2. The average molecular weight is 273 g/mol. The molecule has 1 aromatic carbocycles. The van der Waals surface area contributed by atoms with Crippen molar-refractivity contribution >= 4 is 11.3 Å². The van der Waals surface area contributed by atoms with Crippen LogP contribution in [0.1, 0.15) is 10.4 Å². The molecule has 0 unspecified atom stereocenters. The summed E-state index contributed by atoms with van der Waals surface area (Å²) in [7, 11) is 0. The molecule has 0 aliphatic carbocycles. The zero-order valence-corrected chi connectivity index (χ0v) is 12.0. The summed E-state index contributed by atoms with van der Waals surface area (Å²) in [5, 5.41) is 4.53. The molecule has 0 atom stereocenters.